The number of nitrogens with one attached hydrogen (secondary N) is 1. The first-order valence-electron chi connectivity index (χ1n) is 7.48. The predicted octanol–water partition coefficient (Wildman–Crippen LogP) is 4.75. The van der Waals surface area contributed by atoms with Gasteiger partial charge in [-0.25, -0.2) is 4.39 Å². The van der Waals surface area contributed by atoms with Crippen molar-refractivity contribution in [1.82, 2.24) is 0 Å². The third kappa shape index (κ3) is 3.43. The average molecular weight is 321 g/mol. The van der Waals surface area contributed by atoms with Crippen LogP contribution < -0.4 is 10.1 Å². The van der Waals surface area contributed by atoms with Gasteiger partial charge >= 0.3 is 0 Å². The van der Waals surface area contributed by atoms with Gasteiger partial charge in [-0.1, -0.05) is 30.3 Å². The van der Waals surface area contributed by atoms with Crippen LogP contribution in [0.25, 0.3) is 11.1 Å². The summed E-state index contributed by atoms with van der Waals surface area (Å²) >= 11 is 0. The Labute approximate surface area is 139 Å². The molecule has 0 aliphatic rings. The molecule has 0 fully saturated rings. The molecule has 0 aliphatic heterocycles. The Morgan fingerprint density at radius 1 is 0.958 bits per heavy atom. The zero-order valence-electron chi connectivity index (χ0n) is 13.1. The van der Waals surface area contributed by atoms with Crippen molar-refractivity contribution in [2.24, 2.45) is 0 Å². The van der Waals surface area contributed by atoms with Gasteiger partial charge in [0.25, 0.3) is 5.91 Å². The molecule has 0 heterocycles. The van der Waals surface area contributed by atoms with E-state index in [0.717, 1.165) is 16.9 Å². The molecule has 0 aliphatic carbocycles. The smallest absolute Gasteiger partial charge is 0.256 e. The molecule has 0 saturated heterocycles. The van der Waals surface area contributed by atoms with Gasteiger partial charge in [-0.3, -0.25) is 4.79 Å². The first-order valence-corrected chi connectivity index (χ1v) is 7.48. The van der Waals surface area contributed by atoms with Crippen LogP contribution in [-0.4, -0.2) is 13.0 Å². The summed E-state index contributed by atoms with van der Waals surface area (Å²) in [6, 6.07) is 20.5. The van der Waals surface area contributed by atoms with Gasteiger partial charge in [-0.15, -0.1) is 0 Å². The van der Waals surface area contributed by atoms with Crippen LogP contribution in [0, 0.1) is 5.82 Å². The first-order chi connectivity index (χ1) is 11.7. The summed E-state index contributed by atoms with van der Waals surface area (Å²) in [4.78, 5) is 12.6. The van der Waals surface area contributed by atoms with E-state index in [2.05, 4.69) is 5.32 Å². The number of carbonyl (C=O) groups excluding carboxylic acids is 1. The van der Waals surface area contributed by atoms with Crippen LogP contribution in [-0.2, 0) is 0 Å². The van der Waals surface area contributed by atoms with Crippen molar-refractivity contribution >= 4 is 11.6 Å². The van der Waals surface area contributed by atoms with Crippen molar-refractivity contribution in [2.45, 2.75) is 0 Å². The van der Waals surface area contributed by atoms with Crippen molar-refractivity contribution in [2.75, 3.05) is 12.4 Å². The third-order valence-electron chi connectivity index (χ3n) is 3.65. The van der Waals surface area contributed by atoms with Crippen LogP contribution in [0.15, 0.2) is 72.8 Å². The lowest BCUT2D eigenvalue weighted by Crippen LogP contribution is -2.13. The summed E-state index contributed by atoms with van der Waals surface area (Å²) in [5.41, 5.74) is 2.77. The molecular weight excluding hydrogens is 305 g/mol. The fraction of sp³-hybridized carbons (Fsp3) is 0.0500. The molecule has 0 radical (unpaired) electrons. The first kappa shape index (κ1) is 15.7. The molecule has 0 atom stereocenters. The van der Waals surface area contributed by atoms with Crippen molar-refractivity contribution in [3.05, 3.63) is 84.2 Å². The van der Waals surface area contributed by atoms with Crippen molar-refractivity contribution in [3.63, 3.8) is 0 Å². The lowest BCUT2D eigenvalue weighted by molar-refractivity contribution is 0.102. The Morgan fingerprint density at radius 2 is 1.71 bits per heavy atom. The molecule has 4 heteroatoms. The van der Waals surface area contributed by atoms with Gasteiger partial charge in [0.2, 0.25) is 0 Å². The monoisotopic (exact) mass is 321 g/mol. The standard InChI is InChI=1S/C20H16FNO2/c1-24-17-6-4-5-14(13-17)18-7-2-3-8-19(18)20(23)22-16-11-9-15(21)10-12-16/h2-13H,1H3,(H,22,23). The lowest BCUT2D eigenvalue weighted by Gasteiger charge is -2.11. The van der Waals surface area contributed by atoms with Gasteiger partial charge in [0.1, 0.15) is 11.6 Å². The Hall–Kier alpha value is -3.14. The van der Waals surface area contributed by atoms with Gasteiger partial charge in [-0.05, 0) is 53.6 Å². The minimum Gasteiger partial charge on any atom is -0.497 e. The Bertz CT molecular complexity index is 860. The fourth-order valence-electron chi connectivity index (χ4n) is 2.46. The van der Waals surface area contributed by atoms with Crippen molar-refractivity contribution < 1.29 is 13.9 Å². The lowest BCUT2D eigenvalue weighted by atomic mass is 9.99. The number of hydrogen-bond donors (Lipinski definition) is 1. The second-order valence-corrected chi connectivity index (χ2v) is 5.24. The molecule has 0 aromatic heterocycles. The Kier molecular flexibility index (Phi) is 4.57. The topological polar surface area (TPSA) is 38.3 Å². The van der Waals surface area contributed by atoms with Gasteiger partial charge in [0.15, 0.2) is 0 Å². The molecule has 1 amide bonds. The minimum atomic E-state index is -0.343. The van der Waals surface area contributed by atoms with E-state index in [0.29, 0.717) is 11.3 Å². The number of benzene rings is 3. The average Bonchev–Trinajstić information content (AvgIpc) is 2.63. The number of rotatable bonds is 4. The summed E-state index contributed by atoms with van der Waals surface area (Å²) in [5, 5.41) is 2.79. The maximum Gasteiger partial charge on any atom is 0.256 e. The van der Waals surface area contributed by atoms with Crippen molar-refractivity contribution in [1.29, 1.82) is 0 Å². The predicted molar refractivity (Wildman–Crippen MR) is 92.8 cm³/mol. The summed E-state index contributed by atoms with van der Waals surface area (Å²) in [5.74, 6) is 0.131. The van der Waals surface area contributed by atoms with E-state index in [4.69, 9.17) is 4.74 Å². The molecule has 3 aromatic carbocycles. The molecule has 0 spiro atoms. The van der Waals surface area contributed by atoms with E-state index in [-0.39, 0.29) is 11.7 Å². The maximum atomic E-state index is 13.0. The zero-order chi connectivity index (χ0) is 16.9. The molecule has 120 valence electrons. The molecule has 1 N–H and O–H groups in total. The van der Waals surface area contributed by atoms with E-state index in [9.17, 15) is 9.18 Å². The molecule has 0 saturated carbocycles. The number of methoxy groups -OCH3 is 1. The summed E-state index contributed by atoms with van der Waals surface area (Å²) in [6.45, 7) is 0. The van der Waals surface area contributed by atoms with Crippen LogP contribution in [0.4, 0.5) is 10.1 Å². The quantitative estimate of drug-likeness (QED) is 0.753. The van der Waals surface area contributed by atoms with E-state index >= 15 is 0 Å². The highest BCUT2D eigenvalue weighted by Gasteiger charge is 2.13. The van der Waals surface area contributed by atoms with Crippen molar-refractivity contribution in [3.8, 4) is 16.9 Å². The molecule has 0 bridgehead atoms. The molecule has 3 nitrogen and oxygen atoms in total. The van der Waals surface area contributed by atoms with Crippen LogP contribution in [0.3, 0.4) is 0 Å². The highest BCUT2D eigenvalue weighted by atomic mass is 19.1. The SMILES string of the molecule is COc1cccc(-c2ccccc2C(=O)Nc2ccc(F)cc2)c1. The normalized spacial score (nSPS) is 10.2. The van der Waals surface area contributed by atoms with Crippen LogP contribution in [0.1, 0.15) is 10.4 Å². The number of halogens is 1. The molecule has 3 rings (SSSR count). The molecule has 0 unspecified atom stereocenters. The number of ether oxygens (including phenoxy) is 1. The fourth-order valence-corrected chi connectivity index (χ4v) is 2.46. The van der Waals surface area contributed by atoms with Crippen LogP contribution in [0.2, 0.25) is 0 Å². The number of anilines is 1. The van der Waals surface area contributed by atoms with E-state index < -0.39 is 0 Å². The molecular formula is C20H16FNO2. The number of hydrogen-bond acceptors (Lipinski definition) is 2. The van der Waals surface area contributed by atoms with Gasteiger partial charge < -0.3 is 10.1 Å². The third-order valence-corrected chi connectivity index (χ3v) is 3.65. The maximum absolute atomic E-state index is 13.0. The second kappa shape index (κ2) is 6.96. The summed E-state index contributed by atoms with van der Waals surface area (Å²) in [6.07, 6.45) is 0. The van der Waals surface area contributed by atoms with Gasteiger partial charge in [-0.2, -0.15) is 0 Å². The molecule has 24 heavy (non-hydrogen) atoms. The van der Waals surface area contributed by atoms with E-state index in [1.165, 1.54) is 24.3 Å². The molecule has 3 aromatic rings. The Morgan fingerprint density at radius 3 is 2.46 bits per heavy atom. The van der Waals surface area contributed by atoms with Gasteiger partial charge in [0, 0.05) is 11.3 Å². The summed E-state index contributed by atoms with van der Waals surface area (Å²) in [7, 11) is 1.60. The number of amides is 1. The zero-order valence-corrected chi connectivity index (χ0v) is 13.1. The highest BCUT2D eigenvalue weighted by molar-refractivity contribution is 6.08. The second-order valence-electron chi connectivity index (χ2n) is 5.24. The van der Waals surface area contributed by atoms with E-state index in [1.54, 1.807) is 13.2 Å². The van der Waals surface area contributed by atoms with E-state index in [1.807, 2.05) is 42.5 Å². The minimum absolute atomic E-state index is 0.250. The highest BCUT2D eigenvalue weighted by Crippen LogP contribution is 2.27. The summed E-state index contributed by atoms with van der Waals surface area (Å²) < 4.78 is 18.2. The number of carbonyl (C=O) groups is 1. The largest absolute Gasteiger partial charge is 0.497 e. The van der Waals surface area contributed by atoms with Crippen LogP contribution >= 0.6 is 0 Å². The van der Waals surface area contributed by atoms with Gasteiger partial charge in [0.05, 0.1) is 7.11 Å². The Balaban J connectivity index is 1.93. The van der Waals surface area contributed by atoms with Crippen LogP contribution in [0.5, 0.6) is 5.75 Å².